The highest BCUT2D eigenvalue weighted by Crippen LogP contribution is 2.59. The smallest absolute Gasteiger partial charge is 0.0249 e. The molecule has 0 heteroatoms. The average Bonchev–Trinajstić information content (AvgIpc) is 2.63. The molecule has 0 radical (unpaired) electrons. The summed E-state index contributed by atoms with van der Waals surface area (Å²) in [6.45, 7) is 14.4. The van der Waals surface area contributed by atoms with Crippen molar-refractivity contribution < 1.29 is 0 Å². The lowest BCUT2D eigenvalue weighted by Gasteiger charge is -2.42. The van der Waals surface area contributed by atoms with Crippen molar-refractivity contribution in [2.75, 3.05) is 0 Å². The summed E-state index contributed by atoms with van der Waals surface area (Å²) in [5.41, 5.74) is 1.03. The molecule has 3 unspecified atom stereocenters. The van der Waals surface area contributed by atoms with E-state index in [4.69, 9.17) is 0 Å². The molecule has 1 saturated carbocycles. The molecule has 0 aromatic carbocycles. The van der Waals surface area contributed by atoms with E-state index in [0.717, 1.165) is 11.8 Å². The van der Waals surface area contributed by atoms with Gasteiger partial charge in [-0.25, -0.2) is 0 Å². The van der Waals surface area contributed by atoms with Crippen molar-refractivity contribution in [3.63, 3.8) is 0 Å². The zero-order valence-electron chi connectivity index (χ0n) is 9.57. The highest BCUT2D eigenvalue weighted by Gasteiger charge is 2.51. The summed E-state index contributed by atoms with van der Waals surface area (Å²) >= 11 is 0. The molecule has 3 atom stereocenters. The topological polar surface area (TPSA) is 0 Å². The van der Waals surface area contributed by atoms with Crippen LogP contribution < -0.4 is 0 Å². The van der Waals surface area contributed by atoms with Crippen LogP contribution in [0.15, 0.2) is 0 Å². The maximum atomic E-state index is 2.47. The Balaban J connectivity index is 2.76. The van der Waals surface area contributed by atoms with E-state index in [-0.39, 0.29) is 0 Å². The largest absolute Gasteiger partial charge is 0.0648 e. The van der Waals surface area contributed by atoms with E-state index in [2.05, 4.69) is 41.5 Å². The van der Waals surface area contributed by atoms with E-state index < -0.39 is 0 Å². The van der Waals surface area contributed by atoms with Crippen LogP contribution in [0.4, 0.5) is 0 Å². The van der Waals surface area contributed by atoms with Crippen molar-refractivity contribution in [3.8, 4) is 0 Å². The van der Waals surface area contributed by atoms with E-state index in [1.807, 2.05) is 0 Å². The van der Waals surface area contributed by atoms with Crippen LogP contribution in [0.5, 0.6) is 0 Å². The van der Waals surface area contributed by atoms with Crippen LogP contribution in [-0.4, -0.2) is 0 Å². The molecule has 0 spiro atoms. The van der Waals surface area contributed by atoms with Crippen LogP contribution >= 0.6 is 0 Å². The summed E-state index contributed by atoms with van der Waals surface area (Å²) in [6.07, 6.45) is 2.78. The molecule has 0 nitrogen and oxygen atoms in total. The Kier molecular flexibility index (Phi) is 2.31. The molecular weight excluding hydrogens is 144 g/mol. The van der Waals surface area contributed by atoms with Gasteiger partial charge in [-0.1, -0.05) is 41.5 Å². The predicted molar refractivity (Wildman–Crippen MR) is 55.1 cm³/mol. The normalized spacial score (nSPS) is 34.5. The van der Waals surface area contributed by atoms with Crippen LogP contribution in [0, 0.1) is 22.7 Å². The van der Waals surface area contributed by atoms with Crippen LogP contribution in [0.1, 0.15) is 54.4 Å². The van der Waals surface area contributed by atoms with Crippen molar-refractivity contribution >= 4 is 0 Å². The lowest BCUT2D eigenvalue weighted by atomic mass is 9.63. The third-order valence-electron chi connectivity index (χ3n) is 4.38. The van der Waals surface area contributed by atoms with Gasteiger partial charge < -0.3 is 0 Å². The van der Waals surface area contributed by atoms with Crippen molar-refractivity contribution in [2.24, 2.45) is 22.7 Å². The van der Waals surface area contributed by atoms with Crippen LogP contribution in [0.2, 0.25) is 0 Å². The molecule has 0 aromatic heterocycles. The Bertz CT molecular complexity index is 163. The first-order chi connectivity index (χ1) is 5.33. The molecule has 0 saturated heterocycles. The van der Waals surface area contributed by atoms with Gasteiger partial charge in [0.1, 0.15) is 0 Å². The van der Waals surface area contributed by atoms with Crippen LogP contribution in [0.3, 0.4) is 0 Å². The molecule has 1 aliphatic rings. The molecule has 72 valence electrons. The van der Waals surface area contributed by atoms with Gasteiger partial charge in [-0.15, -0.1) is 0 Å². The molecule has 1 aliphatic carbocycles. The third kappa shape index (κ3) is 1.41. The highest BCUT2D eigenvalue weighted by molar-refractivity contribution is 5.00. The minimum atomic E-state index is 0.469. The predicted octanol–water partition coefficient (Wildman–Crippen LogP) is 4.10. The van der Waals surface area contributed by atoms with Gasteiger partial charge in [-0.2, -0.15) is 0 Å². The second-order valence-electron chi connectivity index (χ2n) is 5.84. The number of rotatable bonds is 2. The monoisotopic (exact) mass is 168 g/mol. The summed E-state index contributed by atoms with van der Waals surface area (Å²) in [5.74, 6) is 1.97. The van der Waals surface area contributed by atoms with Gasteiger partial charge >= 0.3 is 0 Å². The Morgan fingerprint density at radius 3 is 1.67 bits per heavy atom. The summed E-state index contributed by atoms with van der Waals surface area (Å²) in [6, 6.07) is 0. The van der Waals surface area contributed by atoms with Crippen molar-refractivity contribution in [1.29, 1.82) is 0 Å². The molecular formula is C12H24. The van der Waals surface area contributed by atoms with Gasteiger partial charge in [0.2, 0.25) is 0 Å². The molecule has 0 bridgehead atoms. The molecule has 0 aliphatic heterocycles. The quantitative estimate of drug-likeness (QED) is 0.582. The van der Waals surface area contributed by atoms with E-state index in [9.17, 15) is 0 Å². The van der Waals surface area contributed by atoms with Crippen molar-refractivity contribution in [3.05, 3.63) is 0 Å². The lowest BCUT2D eigenvalue weighted by molar-refractivity contribution is 0.0692. The summed E-state index contributed by atoms with van der Waals surface area (Å²) in [5, 5.41) is 0. The standard InChI is InChI=1S/C12H24/c1-7-12(6,11(3,4)5)10-8-9(10)2/h9-10H,7-8H2,1-6H3. The summed E-state index contributed by atoms with van der Waals surface area (Å²) < 4.78 is 0. The first kappa shape index (κ1) is 10.1. The fourth-order valence-corrected chi connectivity index (χ4v) is 2.56. The molecule has 12 heavy (non-hydrogen) atoms. The van der Waals surface area contributed by atoms with E-state index >= 15 is 0 Å². The summed E-state index contributed by atoms with van der Waals surface area (Å²) in [7, 11) is 0. The number of hydrogen-bond acceptors (Lipinski definition) is 0. The second-order valence-corrected chi connectivity index (χ2v) is 5.84. The highest BCUT2D eigenvalue weighted by atomic mass is 14.6. The van der Waals surface area contributed by atoms with Gasteiger partial charge in [-0.3, -0.25) is 0 Å². The zero-order valence-corrected chi connectivity index (χ0v) is 9.57. The minimum Gasteiger partial charge on any atom is -0.0648 e. The first-order valence-corrected chi connectivity index (χ1v) is 5.33. The maximum absolute atomic E-state index is 2.47. The third-order valence-corrected chi connectivity index (χ3v) is 4.38. The Labute approximate surface area is 77.7 Å². The van der Waals surface area contributed by atoms with Crippen LogP contribution in [-0.2, 0) is 0 Å². The van der Waals surface area contributed by atoms with Gasteiger partial charge in [-0.05, 0) is 35.5 Å². The van der Waals surface area contributed by atoms with Gasteiger partial charge in [0.25, 0.3) is 0 Å². The Morgan fingerprint density at radius 1 is 1.17 bits per heavy atom. The van der Waals surface area contributed by atoms with Crippen molar-refractivity contribution in [1.82, 2.24) is 0 Å². The Hall–Kier alpha value is 0. The van der Waals surface area contributed by atoms with Gasteiger partial charge in [0.15, 0.2) is 0 Å². The van der Waals surface area contributed by atoms with Crippen LogP contribution in [0.25, 0.3) is 0 Å². The van der Waals surface area contributed by atoms with Gasteiger partial charge in [0.05, 0.1) is 0 Å². The van der Waals surface area contributed by atoms with E-state index in [1.165, 1.54) is 12.8 Å². The molecule has 1 rings (SSSR count). The van der Waals surface area contributed by atoms with E-state index in [1.54, 1.807) is 0 Å². The fraction of sp³-hybridized carbons (Fsp3) is 1.00. The van der Waals surface area contributed by atoms with E-state index in [0.29, 0.717) is 10.8 Å². The molecule has 0 heterocycles. The lowest BCUT2D eigenvalue weighted by Crippen LogP contribution is -2.34. The molecule has 0 N–H and O–H groups in total. The zero-order chi connectivity index (χ0) is 9.57. The second kappa shape index (κ2) is 2.75. The number of hydrogen-bond donors (Lipinski definition) is 0. The minimum absolute atomic E-state index is 0.469. The first-order valence-electron chi connectivity index (χ1n) is 5.33. The van der Waals surface area contributed by atoms with Crippen molar-refractivity contribution in [2.45, 2.75) is 54.4 Å². The Morgan fingerprint density at radius 2 is 1.58 bits per heavy atom. The maximum Gasteiger partial charge on any atom is -0.0249 e. The average molecular weight is 168 g/mol. The molecule has 0 amide bonds. The summed E-state index contributed by atoms with van der Waals surface area (Å²) in [4.78, 5) is 0. The van der Waals surface area contributed by atoms with Gasteiger partial charge in [0, 0.05) is 0 Å². The molecule has 1 fully saturated rings. The molecule has 0 aromatic rings. The SMILES string of the molecule is CCC(C)(C1CC1C)C(C)(C)C. The fourth-order valence-electron chi connectivity index (χ4n) is 2.56.